The first-order chi connectivity index (χ1) is 13.7. The van der Waals surface area contributed by atoms with Crippen molar-refractivity contribution in [2.45, 2.75) is 105 Å². The highest BCUT2D eigenvalue weighted by Gasteiger charge is 2.61. The summed E-state index contributed by atoms with van der Waals surface area (Å²) in [5.74, 6) is 3.17. The fourth-order valence-corrected chi connectivity index (χ4v) is 8.54. The molecule has 4 aliphatic rings. The molecule has 2 nitrogen and oxygen atoms in total. The molecule has 0 aliphatic heterocycles. The maximum Gasteiger partial charge on any atom is 0.0579 e. The summed E-state index contributed by atoms with van der Waals surface area (Å²) < 4.78 is 0. The third-order valence-corrected chi connectivity index (χ3v) is 9.97. The second-order valence-corrected chi connectivity index (χ2v) is 11.9. The largest absolute Gasteiger partial charge is 0.393 e. The van der Waals surface area contributed by atoms with Crippen molar-refractivity contribution < 1.29 is 10.2 Å². The Morgan fingerprint density at radius 3 is 2.66 bits per heavy atom. The highest BCUT2D eigenvalue weighted by molar-refractivity contribution is 5.25. The van der Waals surface area contributed by atoms with Crippen LogP contribution in [0.1, 0.15) is 92.4 Å². The third-order valence-electron chi connectivity index (χ3n) is 9.97. The van der Waals surface area contributed by atoms with Crippen molar-refractivity contribution in [2.75, 3.05) is 0 Å². The number of allylic oxidation sites excluding steroid dienone is 3. The molecule has 4 aliphatic carbocycles. The second-order valence-electron chi connectivity index (χ2n) is 11.9. The van der Waals surface area contributed by atoms with E-state index in [-0.39, 0.29) is 12.2 Å². The molecule has 164 valence electrons. The van der Waals surface area contributed by atoms with Crippen LogP contribution in [0, 0.1) is 40.4 Å². The van der Waals surface area contributed by atoms with Crippen LogP contribution < -0.4 is 0 Å². The topological polar surface area (TPSA) is 40.5 Å². The zero-order chi connectivity index (χ0) is 21.0. The molecule has 2 N–H and O–H groups in total. The zero-order valence-electron chi connectivity index (χ0n) is 19.5. The Balaban J connectivity index is 1.55. The number of hydrogen-bond donors (Lipinski definition) is 2. The van der Waals surface area contributed by atoms with Crippen molar-refractivity contribution in [1.29, 1.82) is 0 Å². The summed E-state index contributed by atoms with van der Waals surface area (Å²) in [5, 5.41) is 21.4. The molecular formula is C27H44O2. The molecule has 0 bridgehead atoms. The van der Waals surface area contributed by atoms with Gasteiger partial charge in [0, 0.05) is 0 Å². The molecule has 0 spiro atoms. The molecule has 2 heteroatoms. The van der Waals surface area contributed by atoms with Crippen LogP contribution in [0.5, 0.6) is 0 Å². The van der Waals surface area contributed by atoms with Gasteiger partial charge in [0.1, 0.15) is 0 Å². The average molecular weight is 401 g/mol. The minimum atomic E-state index is -0.128. The molecule has 0 radical (unpaired) electrons. The first-order valence-electron chi connectivity index (χ1n) is 12.4. The summed E-state index contributed by atoms with van der Waals surface area (Å²) in [7, 11) is 0. The van der Waals surface area contributed by atoms with Crippen LogP contribution in [0.2, 0.25) is 0 Å². The van der Waals surface area contributed by atoms with E-state index >= 15 is 0 Å². The van der Waals surface area contributed by atoms with E-state index in [0.717, 1.165) is 43.9 Å². The Hall–Kier alpha value is -0.600. The Labute approximate surface area is 178 Å². The van der Waals surface area contributed by atoms with Gasteiger partial charge in [-0.25, -0.2) is 0 Å². The fraction of sp³-hybridized carbons (Fsp3) is 0.852. The fourth-order valence-electron chi connectivity index (χ4n) is 8.54. The van der Waals surface area contributed by atoms with E-state index < -0.39 is 0 Å². The van der Waals surface area contributed by atoms with Crippen LogP contribution >= 0.6 is 0 Å². The molecule has 0 heterocycles. The Morgan fingerprint density at radius 1 is 1.17 bits per heavy atom. The van der Waals surface area contributed by atoms with Gasteiger partial charge in [0.15, 0.2) is 0 Å². The van der Waals surface area contributed by atoms with Gasteiger partial charge in [-0.2, -0.15) is 0 Å². The normalized spacial score (nSPS) is 47.5. The van der Waals surface area contributed by atoms with Crippen LogP contribution in [0.25, 0.3) is 0 Å². The van der Waals surface area contributed by atoms with E-state index in [9.17, 15) is 10.2 Å². The maximum atomic E-state index is 11.2. The van der Waals surface area contributed by atoms with Gasteiger partial charge >= 0.3 is 0 Å². The molecule has 3 fully saturated rings. The number of hydrogen-bond acceptors (Lipinski definition) is 2. The second kappa shape index (κ2) is 7.83. The summed E-state index contributed by atoms with van der Waals surface area (Å²) in [5.41, 5.74) is 3.54. The first-order valence-corrected chi connectivity index (χ1v) is 12.4. The van der Waals surface area contributed by atoms with Crippen LogP contribution in [0.4, 0.5) is 0 Å². The molecular weight excluding hydrogens is 356 g/mol. The summed E-state index contributed by atoms with van der Waals surface area (Å²) in [6.45, 7) is 11.8. The van der Waals surface area contributed by atoms with Gasteiger partial charge in [-0.3, -0.25) is 0 Å². The van der Waals surface area contributed by atoms with Crippen molar-refractivity contribution >= 4 is 0 Å². The molecule has 0 unspecified atom stereocenters. The lowest BCUT2D eigenvalue weighted by molar-refractivity contribution is -0.0617. The lowest BCUT2D eigenvalue weighted by Crippen LogP contribution is -2.51. The number of aliphatic hydroxyl groups excluding tert-OH is 2. The highest BCUT2D eigenvalue weighted by atomic mass is 16.3. The maximum absolute atomic E-state index is 11.2. The molecule has 4 rings (SSSR count). The Bertz CT molecular complexity index is 674. The van der Waals surface area contributed by atoms with Gasteiger partial charge in [0.25, 0.3) is 0 Å². The number of fused-ring (bicyclic) bond motifs is 5. The summed E-state index contributed by atoms with van der Waals surface area (Å²) in [6, 6.07) is 0. The zero-order valence-corrected chi connectivity index (χ0v) is 19.5. The van der Waals surface area contributed by atoms with E-state index in [2.05, 4.69) is 46.8 Å². The quantitative estimate of drug-likeness (QED) is 0.545. The van der Waals surface area contributed by atoms with Crippen molar-refractivity contribution in [3.05, 3.63) is 23.3 Å². The van der Waals surface area contributed by atoms with Crippen molar-refractivity contribution in [1.82, 2.24) is 0 Å². The molecule has 0 aromatic rings. The molecule has 0 aromatic heterocycles. The third kappa shape index (κ3) is 3.57. The minimum absolute atomic E-state index is 0.126. The van der Waals surface area contributed by atoms with E-state index in [4.69, 9.17) is 0 Å². The van der Waals surface area contributed by atoms with Gasteiger partial charge in [-0.1, -0.05) is 44.1 Å². The van der Waals surface area contributed by atoms with Gasteiger partial charge in [0.05, 0.1) is 12.2 Å². The van der Waals surface area contributed by atoms with Crippen LogP contribution in [0.15, 0.2) is 23.3 Å². The predicted molar refractivity (Wildman–Crippen MR) is 120 cm³/mol. The van der Waals surface area contributed by atoms with E-state index in [1.54, 1.807) is 5.57 Å². The van der Waals surface area contributed by atoms with Gasteiger partial charge in [-0.15, -0.1) is 0 Å². The van der Waals surface area contributed by atoms with Gasteiger partial charge in [0.2, 0.25) is 0 Å². The summed E-state index contributed by atoms with van der Waals surface area (Å²) in [6.07, 6.45) is 14.7. The van der Waals surface area contributed by atoms with Crippen LogP contribution in [-0.2, 0) is 0 Å². The van der Waals surface area contributed by atoms with Crippen LogP contribution in [-0.4, -0.2) is 22.4 Å². The molecule has 0 amide bonds. The number of aliphatic hydroxyl groups is 2. The standard InChI is InChI=1S/C27H44O2/c1-17(2)7-6-8-18(3)25-24(29)16-23-21-10-9-19-15-20(28)11-13-26(19,4)22(21)12-14-27(23,25)5/h7,9,18,20-25,28-29H,6,8,10-16H2,1-5H3/t18-,20-,21-,22+,23+,24+,25+,26+,27+/m1/s1. The smallest absolute Gasteiger partial charge is 0.0579 e. The van der Waals surface area contributed by atoms with Crippen molar-refractivity contribution in [2.24, 2.45) is 40.4 Å². The molecule has 9 atom stereocenters. The van der Waals surface area contributed by atoms with E-state index in [0.29, 0.717) is 28.6 Å². The first kappa shape index (κ1) is 21.6. The van der Waals surface area contributed by atoms with Gasteiger partial charge in [-0.05, 0) is 112 Å². The molecule has 29 heavy (non-hydrogen) atoms. The molecule has 0 saturated heterocycles. The van der Waals surface area contributed by atoms with E-state index in [1.165, 1.54) is 31.3 Å². The minimum Gasteiger partial charge on any atom is -0.393 e. The van der Waals surface area contributed by atoms with Crippen molar-refractivity contribution in [3.8, 4) is 0 Å². The average Bonchev–Trinajstić information content (AvgIpc) is 2.92. The number of rotatable bonds is 4. The molecule has 0 aromatic carbocycles. The Morgan fingerprint density at radius 2 is 1.93 bits per heavy atom. The Kier molecular flexibility index (Phi) is 5.84. The van der Waals surface area contributed by atoms with Gasteiger partial charge < -0.3 is 10.2 Å². The van der Waals surface area contributed by atoms with Crippen LogP contribution in [0.3, 0.4) is 0 Å². The SMILES string of the molecule is CC(C)=CCC[C@@H](C)[C@H]1[C@@H](O)C[C@H]2[C@@H]3CC=C4C[C@H](O)CC[C@]4(C)[C@H]3CC[C@]12C. The van der Waals surface area contributed by atoms with Crippen molar-refractivity contribution in [3.63, 3.8) is 0 Å². The summed E-state index contributed by atoms with van der Waals surface area (Å²) in [4.78, 5) is 0. The predicted octanol–water partition coefficient (Wildman–Crippen LogP) is 6.28. The van der Waals surface area contributed by atoms with E-state index in [1.807, 2.05) is 0 Å². The molecule has 3 saturated carbocycles. The lowest BCUT2D eigenvalue weighted by Gasteiger charge is -2.58. The summed E-state index contributed by atoms with van der Waals surface area (Å²) >= 11 is 0. The lowest BCUT2D eigenvalue weighted by atomic mass is 9.47. The highest BCUT2D eigenvalue weighted by Crippen LogP contribution is 2.67. The monoisotopic (exact) mass is 400 g/mol.